The Labute approximate surface area is 143 Å². The van der Waals surface area contributed by atoms with Gasteiger partial charge in [0.2, 0.25) is 5.82 Å². The third-order valence-electron chi connectivity index (χ3n) is 3.85. The molecule has 142 valence electrons. The van der Waals surface area contributed by atoms with E-state index in [1.165, 1.54) is 23.1 Å². The Hall–Kier alpha value is -2.30. The number of fused-ring (bicyclic) bond motifs is 1. The van der Waals surface area contributed by atoms with Gasteiger partial charge in [-0.3, -0.25) is 4.90 Å². The Balaban J connectivity index is 1.86. The van der Waals surface area contributed by atoms with Gasteiger partial charge in [-0.2, -0.15) is 31.3 Å². The summed E-state index contributed by atoms with van der Waals surface area (Å²) in [7, 11) is 0. The first-order valence-electron chi connectivity index (χ1n) is 7.51. The Morgan fingerprint density at radius 1 is 1.19 bits per heavy atom. The van der Waals surface area contributed by atoms with Gasteiger partial charge >= 0.3 is 18.2 Å². The quantitative estimate of drug-likeness (QED) is 0.739. The molecule has 26 heavy (non-hydrogen) atoms. The van der Waals surface area contributed by atoms with Gasteiger partial charge in [-0.15, -0.1) is 0 Å². The molecule has 1 aliphatic heterocycles. The molecule has 1 aromatic carbocycles. The van der Waals surface area contributed by atoms with Gasteiger partial charge in [0.25, 0.3) is 0 Å². The van der Waals surface area contributed by atoms with Gasteiger partial charge in [0.05, 0.1) is 6.54 Å². The molecule has 0 unspecified atom stereocenters. The zero-order valence-corrected chi connectivity index (χ0v) is 13.4. The van der Waals surface area contributed by atoms with Crippen LogP contribution in [-0.4, -0.2) is 40.4 Å². The van der Waals surface area contributed by atoms with Crippen molar-refractivity contribution in [2.75, 3.05) is 13.2 Å². The van der Waals surface area contributed by atoms with Gasteiger partial charge in [0.1, 0.15) is 12.4 Å². The fourth-order valence-corrected chi connectivity index (χ4v) is 2.55. The Morgan fingerprint density at radius 2 is 1.92 bits per heavy atom. The normalized spacial score (nSPS) is 19.0. The van der Waals surface area contributed by atoms with Crippen molar-refractivity contribution in [1.82, 2.24) is 15.0 Å². The molecular formula is C15H13F6N3O2. The van der Waals surface area contributed by atoms with Gasteiger partial charge < -0.3 is 9.26 Å². The molecule has 3 rings (SSSR count). The van der Waals surface area contributed by atoms with Gasteiger partial charge in [-0.1, -0.05) is 17.3 Å². The number of benzene rings is 1. The predicted octanol–water partition coefficient (Wildman–Crippen LogP) is 3.90. The van der Waals surface area contributed by atoms with E-state index in [0.29, 0.717) is 5.56 Å². The van der Waals surface area contributed by atoms with E-state index < -0.39 is 30.8 Å². The lowest BCUT2D eigenvalue weighted by Crippen LogP contribution is -2.41. The van der Waals surface area contributed by atoms with Gasteiger partial charge in [-0.25, -0.2) is 0 Å². The molecule has 0 spiro atoms. The van der Waals surface area contributed by atoms with Crippen LogP contribution >= 0.6 is 0 Å². The summed E-state index contributed by atoms with van der Waals surface area (Å²) >= 11 is 0. The summed E-state index contributed by atoms with van der Waals surface area (Å²) in [6, 6.07) is 3.80. The first kappa shape index (κ1) is 18.5. The maximum Gasteiger partial charge on any atom is 0.471 e. The summed E-state index contributed by atoms with van der Waals surface area (Å²) in [6.07, 6.45) is -9.11. The van der Waals surface area contributed by atoms with Crippen molar-refractivity contribution in [3.05, 3.63) is 29.7 Å². The number of ether oxygens (including phenoxy) is 1. The highest BCUT2D eigenvalue weighted by atomic mass is 19.4. The summed E-state index contributed by atoms with van der Waals surface area (Å²) in [5.74, 6) is -1.49. The van der Waals surface area contributed by atoms with Gasteiger partial charge in [0, 0.05) is 23.7 Å². The number of aromatic nitrogens is 2. The molecule has 1 aromatic heterocycles. The predicted molar refractivity (Wildman–Crippen MR) is 76.2 cm³/mol. The molecule has 2 heterocycles. The minimum Gasteiger partial charge on any atom is -0.492 e. The summed E-state index contributed by atoms with van der Waals surface area (Å²) < 4.78 is 85.5. The number of hydrogen-bond acceptors (Lipinski definition) is 5. The maximum absolute atomic E-state index is 12.7. The highest BCUT2D eigenvalue weighted by Crippen LogP contribution is 2.33. The lowest BCUT2D eigenvalue weighted by atomic mass is 10.1. The van der Waals surface area contributed by atoms with Crippen LogP contribution in [0.25, 0.3) is 11.4 Å². The molecule has 0 amide bonds. The van der Waals surface area contributed by atoms with Crippen molar-refractivity contribution in [1.29, 1.82) is 0 Å². The summed E-state index contributed by atoms with van der Waals surface area (Å²) in [4.78, 5) is 4.51. The van der Waals surface area contributed by atoms with E-state index >= 15 is 0 Å². The summed E-state index contributed by atoms with van der Waals surface area (Å²) in [5, 5.41) is 3.28. The fourth-order valence-electron chi connectivity index (χ4n) is 2.55. The van der Waals surface area contributed by atoms with Crippen LogP contribution in [0.2, 0.25) is 0 Å². The van der Waals surface area contributed by atoms with E-state index in [2.05, 4.69) is 14.7 Å². The second kappa shape index (κ2) is 6.45. The monoisotopic (exact) mass is 381 g/mol. The molecular weight excluding hydrogens is 368 g/mol. The van der Waals surface area contributed by atoms with Crippen LogP contribution in [0.3, 0.4) is 0 Å². The lowest BCUT2D eigenvalue weighted by molar-refractivity contribution is -0.159. The van der Waals surface area contributed by atoms with Crippen molar-refractivity contribution in [2.45, 2.75) is 31.9 Å². The lowest BCUT2D eigenvalue weighted by Gasteiger charge is -2.26. The molecule has 0 radical (unpaired) electrons. The minimum atomic E-state index is -4.76. The van der Waals surface area contributed by atoms with Crippen molar-refractivity contribution < 1.29 is 35.6 Å². The topological polar surface area (TPSA) is 51.4 Å². The minimum absolute atomic E-state index is 0.00364. The Kier molecular flexibility index (Phi) is 4.59. The second-order valence-corrected chi connectivity index (χ2v) is 5.92. The molecule has 1 atom stereocenters. The first-order chi connectivity index (χ1) is 12.0. The fraction of sp³-hybridized carbons (Fsp3) is 0.467. The van der Waals surface area contributed by atoms with E-state index in [4.69, 9.17) is 4.74 Å². The van der Waals surface area contributed by atoms with Crippen LogP contribution in [0, 0.1) is 0 Å². The number of rotatable bonds is 2. The molecule has 0 saturated carbocycles. The van der Waals surface area contributed by atoms with E-state index in [-0.39, 0.29) is 30.3 Å². The molecule has 11 heteroatoms. The van der Waals surface area contributed by atoms with Crippen LogP contribution in [-0.2, 0) is 12.7 Å². The molecule has 2 aromatic rings. The number of halogens is 6. The summed E-state index contributed by atoms with van der Waals surface area (Å²) in [6.45, 7) is 0.523. The van der Waals surface area contributed by atoms with Gasteiger partial charge in [0.15, 0.2) is 0 Å². The van der Waals surface area contributed by atoms with E-state index in [0.717, 1.165) is 0 Å². The molecule has 5 nitrogen and oxygen atoms in total. The molecule has 1 aliphatic rings. The van der Waals surface area contributed by atoms with E-state index in [1.54, 1.807) is 6.92 Å². The number of hydrogen-bond donors (Lipinski definition) is 0. The third-order valence-corrected chi connectivity index (χ3v) is 3.85. The van der Waals surface area contributed by atoms with Crippen LogP contribution < -0.4 is 4.74 Å². The van der Waals surface area contributed by atoms with E-state index in [1.807, 2.05) is 0 Å². The standard InChI is InChI=1S/C15H13F6N3O2/c1-8-6-25-11-4-9(12-22-13(26-23-12)15(19,20)21)2-3-10(11)5-24(8)7-14(16,17)18/h2-4,8H,5-7H2,1H3/t8-/m0/s1. The SMILES string of the molecule is C[C@H]1COc2cc(-c3noc(C(F)(F)F)n3)ccc2CN1CC(F)(F)F. The number of alkyl halides is 6. The van der Waals surface area contributed by atoms with Gasteiger partial charge in [-0.05, 0) is 13.0 Å². The van der Waals surface area contributed by atoms with Crippen molar-refractivity contribution in [2.24, 2.45) is 0 Å². The largest absolute Gasteiger partial charge is 0.492 e. The first-order valence-corrected chi connectivity index (χ1v) is 7.51. The zero-order valence-electron chi connectivity index (χ0n) is 13.4. The number of nitrogens with zero attached hydrogens (tertiary/aromatic N) is 3. The average molecular weight is 381 g/mol. The van der Waals surface area contributed by atoms with Crippen LogP contribution in [0.5, 0.6) is 5.75 Å². The second-order valence-electron chi connectivity index (χ2n) is 5.92. The van der Waals surface area contributed by atoms with Crippen molar-refractivity contribution >= 4 is 0 Å². The zero-order chi connectivity index (χ0) is 19.1. The van der Waals surface area contributed by atoms with Crippen LogP contribution in [0.1, 0.15) is 18.4 Å². The Morgan fingerprint density at radius 3 is 2.54 bits per heavy atom. The summed E-state index contributed by atoms with van der Waals surface area (Å²) in [5.41, 5.74) is 0.696. The smallest absolute Gasteiger partial charge is 0.471 e. The van der Waals surface area contributed by atoms with Crippen LogP contribution in [0.4, 0.5) is 26.3 Å². The molecule has 0 fully saturated rings. The molecule has 0 bridgehead atoms. The van der Waals surface area contributed by atoms with Crippen molar-refractivity contribution in [3.63, 3.8) is 0 Å². The molecule has 0 saturated heterocycles. The average Bonchev–Trinajstić information content (AvgIpc) is 2.96. The van der Waals surface area contributed by atoms with E-state index in [9.17, 15) is 26.3 Å². The highest BCUT2D eigenvalue weighted by Gasteiger charge is 2.39. The van der Waals surface area contributed by atoms with Crippen LogP contribution in [0.15, 0.2) is 22.7 Å². The third kappa shape index (κ3) is 4.09. The highest BCUT2D eigenvalue weighted by molar-refractivity contribution is 5.59. The molecule has 0 aliphatic carbocycles. The van der Waals surface area contributed by atoms with Crippen molar-refractivity contribution in [3.8, 4) is 17.1 Å². The maximum atomic E-state index is 12.7. The molecule has 0 N–H and O–H groups in total. The Bertz CT molecular complexity index is 786.